The highest BCUT2D eigenvalue weighted by molar-refractivity contribution is 6.28. The molecule has 14 heteroatoms. The lowest BCUT2D eigenvalue weighted by Gasteiger charge is -2.37. The maximum Gasteiger partial charge on any atom is 0.416 e. The van der Waals surface area contributed by atoms with Crippen LogP contribution in [0.25, 0.3) is 0 Å². The molecule has 2 saturated heterocycles. The van der Waals surface area contributed by atoms with Gasteiger partial charge in [-0.25, -0.2) is 14.4 Å². The van der Waals surface area contributed by atoms with Crippen molar-refractivity contribution < 1.29 is 40.3 Å². The number of nitrogens with one attached hydrogen (secondary N) is 1. The summed E-state index contributed by atoms with van der Waals surface area (Å²) >= 11 is 5.87. The van der Waals surface area contributed by atoms with Crippen LogP contribution in [0.2, 0.25) is 5.28 Å². The zero-order valence-electron chi connectivity index (χ0n) is 21.9. The van der Waals surface area contributed by atoms with Crippen LogP contribution in [0.5, 0.6) is 0 Å². The van der Waals surface area contributed by atoms with Gasteiger partial charge in [0.05, 0.1) is 23.3 Å². The smallest absolute Gasteiger partial charge is 0.368 e. The van der Waals surface area contributed by atoms with Crippen molar-refractivity contribution in [2.75, 3.05) is 11.9 Å². The molecule has 2 aromatic carbocycles. The summed E-state index contributed by atoms with van der Waals surface area (Å²) in [5.41, 5.74) is -2.60. The molecule has 0 spiro atoms. The Morgan fingerprint density at radius 2 is 1.67 bits per heavy atom. The fourth-order valence-electron chi connectivity index (χ4n) is 5.69. The fourth-order valence-corrected chi connectivity index (χ4v) is 5.83. The average molecular weight is 617 g/mol. The summed E-state index contributed by atoms with van der Waals surface area (Å²) in [5.74, 6) is -0.872. The van der Waals surface area contributed by atoms with Crippen molar-refractivity contribution >= 4 is 23.3 Å². The number of carbonyl (C=O) groups is 1. The maximum absolute atomic E-state index is 13.8. The van der Waals surface area contributed by atoms with Crippen LogP contribution in [0, 0.1) is 5.82 Å². The topological polar surface area (TPSA) is 67.3 Å². The van der Waals surface area contributed by atoms with Crippen molar-refractivity contribution in [2.45, 2.75) is 62.3 Å². The third-order valence-electron chi connectivity index (χ3n) is 7.55. The molecule has 0 saturated carbocycles. The molecule has 5 rings (SSSR count). The van der Waals surface area contributed by atoms with Crippen LogP contribution < -0.4 is 5.32 Å². The highest BCUT2D eigenvalue weighted by Gasteiger charge is 2.49. The highest BCUT2D eigenvalue weighted by Crippen LogP contribution is 2.44. The van der Waals surface area contributed by atoms with E-state index in [1.165, 1.54) is 37.4 Å². The van der Waals surface area contributed by atoms with Gasteiger partial charge in [0.2, 0.25) is 11.2 Å². The van der Waals surface area contributed by atoms with Gasteiger partial charge in [0.1, 0.15) is 11.6 Å². The summed E-state index contributed by atoms with van der Waals surface area (Å²) in [6, 6.07) is 7.62. The van der Waals surface area contributed by atoms with Gasteiger partial charge >= 0.3 is 12.4 Å². The second kappa shape index (κ2) is 11.3. The lowest BCUT2D eigenvalue weighted by molar-refractivity contribution is -0.143. The molecule has 3 unspecified atom stereocenters. The first kappa shape index (κ1) is 30.0. The number of halogens is 8. The molecule has 2 fully saturated rings. The van der Waals surface area contributed by atoms with Crippen LogP contribution >= 0.6 is 11.6 Å². The summed E-state index contributed by atoms with van der Waals surface area (Å²) in [6.07, 6.45) is -10.1. The molecular weight excluding hydrogens is 593 g/mol. The second-order valence-electron chi connectivity index (χ2n) is 10.3. The zero-order chi connectivity index (χ0) is 30.4. The molecule has 42 heavy (non-hydrogen) atoms. The third-order valence-corrected chi connectivity index (χ3v) is 7.73. The fraction of sp³-hybridized carbons (Fsp3) is 0.393. The molecule has 1 amide bonds. The molecule has 3 aromatic rings. The SMILES string of the molecule is C[C@@H](O[C@H]1CN2C(=O)CC(Nc3ccnc(Cl)n3)CC2C1c1ccc(F)cc1)c1cc(C(F)(F)F)cc(C(F)(F)F)c1. The Morgan fingerprint density at radius 3 is 2.26 bits per heavy atom. The van der Waals surface area contributed by atoms with Gasteiger partial charge < -0.3 is 15.0 Å². The number of aromatic nitrogens is 2. The van der Waals surface area contributed by atoms with Gasteiger partial charge in [0.15, 0.2) is 0 Å². The van der Waals surface area contributed by atoms with E-state index in [0.717, 1.165) is 0 Å². The molecular formula is C28H24ClF7N4O2. The van der Waals surface area contributed by atoms with Gasteiger partial charge in [0, 0.05) is 37.2 Å². The first-order chi connectivity index (χ1) is 19.7. The van der Waals surface area contributed by atoms with Crippen LogP contribution in [-0.4, -0.2) is 45.5 Å². The maximum atomic E-state index is 13.8. The molecule has 0 bridgehead atoms. The lowest BCUT2D eigenvalue weighted by atomic mass is 9.84. The zero-order valence-corrected chi connectivity index (χ0v) is 22.6. The van der Waals surface area contributed by atoms with Gasteiger partial charge in [-0.2, -0.15) is 26.3 Å². The Kier molecular flexibility index (Phi) is 8.10. The number of alkyl halides is 6. The molecule has 5 atom stereocenters. The van der Waals surface area contributed by atoms with Gasteiger partial charge in [-0.1, -0.05) is 12.1 Å². The third kappa shape index (κ3) is 6.46. The Labute approximate surface area is 240 Å². The molecule has 1 aromatic heterocycles. The van der Waals surface area contributed by atoms with Gasteiger partial charge in [0.25, 0.3) is 0 Å². The lowest BCUT2D eigenvalue weighted by Crippen LogP contribution is -2.48. The van der Waals surface area contributed by atoms with Crippen molar-refractivity contribution in [1.82, 2.24) is 14.9 Å². The number of piperidine rings is 1. The standard InChI is InChI=1S/C28H24ClF7N4O2/c1-14(16-8-17(27(31,32)33)10-18(9-16)28(34,35)36)42-22-13-40-21(25(22)15-2-4-19(30)5-3-15)11-20(12-24(40)41)38-23-6-7-37-26(29)39-23/h2-10,14,20-22,25H,11-13H2,1H3,(H,37,38,39)/t14-,20?,21?,22+,25?/m1/s1. The molecule has 6 nitrogen and oxygen atoms in total. The summed E-state index contributed by atoms with van der Waals surface area (Å²) < 4.78 is 101. The van der Waals surface area contributed by atoms with E-state index in [9.17, 15) is 35.5 Å². The minimum absolute atomic E-state index is 0.0135. The van der Waals surface area contributed by atoms with E-state index in [4.69, 9.17) is 16.3 Å². The predicted octanol–water partition coefficient (Wildman–Crippen LogP) is 7.02. The van der Waals surface area contributed by atoms with Crippen molar-refractivity contribution in [1.29, 1.82) is 0 Å². The average Bonchev–Trinajstić information content (AvgIpc) is 3.26. The Bertz CT molecular complexity index is 1420. The molecule has 2 aliphatic heterocycles. The van der Waals surface area contributed by atoms with E-state index < -0.39 is 53.5 Å². The van der Waals surface area contributed by atoms with Crippen LogP contribution in [0.15, 0.2) is 54.7 Å². The monoisotopic (exact) mass is 616 g/mol. The quantitative estimate of drug-likeness (QED) is 0.238. The van der Waals surface area contributed by atoms with Crippen molar-refractivity contribution in [3.05, 3.63) is 88.1 Å². The van der Waals surface area contributed by atoms with Gasteiger partial charge in [-0.3, -0.25) is 4.79 Å². The summed E-state index contributed by atoms with van der Waals surface area (Å²) in [6.45, 7) is 1.41. The van der Waals surface area contributed by atoms with Gasteiger partial charge in [-0.15, -0.1) is 0 Å². The Morgan fingerprint density at radius 1 is 1.02 bits per heavy atom. The van der Waals surface area contributed by atoms with Crippen LogP contribution in [-0.2, 0) is 21.9 Å². The summed E-state index contributed by atoms with van der Waals surface area (Å²) in [4.78, 5) is 22.8. The molecule has 2 aliphatic rings. The summed E-state index contributed by atoms with van der Waals surface area (Å²) in [5, 5.41) is 3.18. The minimum Gasteiger partial charge on any atom is -0.368 e. The van der Waals surface area contributed by atoms with E-state index in [2.05, 4.69) is 15.3 Å². The number of anilines is 1. The van der Waals surface area contributed by atoms with E-state index in [-0.39, 0.29) is 41.8 Å². The van der Waals surface area contributed by atoms with Gasteiger partial charge in [-0.05, 0) is 72.5 Å². The number of ether oxygens (including phenoxy) is 1. The van der Waals surface area contributed by atoms with E-state index in [0.29, 0.717) is 29.9 Å². The number of rotatable bonds is 6. The highest BCUT2D eigenvalue weighted by atomic mass is 35.5. The molecule has 1 N–H and O–H groups in total. The number of hydrogen-bond donors (Lipinski definition) is 1. The largest absolute Gasteiger partial charge is 0.416 e. The number of fused-ring (bicyclic) bond motifs is 1. The first-order valence-corrected chi connectivity index (χ1v) is 13.3. The van der Waals surface area contributed by atoms with Crippen LogP contribution in [0.1, 0.15) is 54.0 Å². The summed E-state index contributed by atoms with van der Waals surface area (Å²) in [7, 11) is 0. The van der Waals surface area contributed by atoms with Crippen LogP contribution in [0.3, 0.4) is 0 Å². The van der Waals surface area contributed by atoms with E-state index in [1.807, 2.05) is 0 Å². The number of amides is 1. The normalized spacial score (nSPS) is 23.5. The molecule has 224 valence electrons. The number of benzene rings is 2. The first-order valence-electron chi connectivity index (χ1n) is 12.9. The number of carbonyl (C=O) groups excluding carboxylic acids is 1. The van der Waals surface area contributed by atoms with E-state index >= 15 is 0 Å². The number of hydrogen-bond acceptors (Lipinski definition) is 5. The Balaban J connectivity index is 1.45. The van der Waals surface area contributed by atoms with Crippen molar-refractivity contribution in [2.24, 2.45) is 0 Å². The molecule has 3 heterocycles. The second-order valence-corrected chi connectivity index (χ2v) is 10.7. The predicted molar refractivity (Wildman–Crippen MR) is 138 cm³/mol. The molecule has 0 radical (unpaired) electrons. The Hall–Kier alpha value is -3.45. The molecule has 0 aliphatic carbocycles. The minimum atomic E-state index is -5.01. The van der Waals surface area contributed by atoms with Crippen molar-refractivity contribution in [3.8, 4) is 0 Å². The number of nitrogens with zero attached hydrogens (tertiary/aromatic N) is 3. The van der Waals surface area contributed by atoms with E-state index in [1.54, 1.807) is 11.0 Å². The van der Waals surface area contributed by atoms with Crippen LogP contribution in [0.4, 0.5) is 36.6 Å². The van der Waals surface area contributed by atoms with Crippen molar-refractivity contribution in [3.63, 3.8) is 0 Å².